The second kappa shape index (κ2) is 4.70. The summed E-state index contributed by atoms with van der Waals surface area (Å²) in [5.41, 5.74) is 2.04. The van der Waals surface area contributed by atoms with Crippen LogP contribution in [0.1, 0.15) is 10.7 Å². The molecule has 1 N–H and O–H groups in total. The third-order valence-corrected chi connectivity index (χ3v) is 3.64. The van der Waals surface area contributed by atoms with Crippen LogP contribution in [0.4, 0.5) is 5.95 Å². The number of nitrogens with one attached hydrogen (secondary N) is 1. The summed E-state index contributed by atoms with van der Waals surface area (Å²) in [6.07, 6.45) is 2.51. The first-order valence-electron chi connectivity index (χ1n) is 5.69. The van der Waals surface area contributed by atoms with Crippen LogP contribution in [-0.4, -0.2) is 22.0 Å². The number of rotatable bonds is 3. The first-order valence-corrected chi connectivity index (χ1v) is 6.51. The van der Waals surface area contributed by atoms with Gasteiger partial charge in [0.25, 0.3) is 0 Å². The Morgan fingerprint density at radius 2 is 2.06 bits per heavy atom. The summed E-state index contributed by atoms with van der Waals surface area (Å²) in [7, 11) is 1.82. The van der Waals surface area contributed by atoms with Gasteiger partial charge in [-0.15, -0.1) is 11.3 Å². The van der Waals surface area contributed by atoms with Crippen LogP contribution in [-0.2, 0) is 6.42 Å². The quantitative estimate of drug-likeness (QED) is 0.783. The van der Waals surface area contributed by atoms with Gasteiger partial charge in [0.05, 0.1) is 20.9 Å². The van der Waals surface area contributed by atoms with Crippen LogP contribution in [0, 0.1) is 0 Å². The number of hydrogen-bond donors (Lipinski definition) is 1. The van der Waals surface area contributed by atoms with E-state index in [-0.39, 0.29) is 0 Å². The number of benzene rings is 1. The van der Waals surface area contributed by atoms with Crippen molar-refractivity contribution in [2.24, 2.45) is 0 Å². The average molecular weight is 256 g/mol. The maximum absolute atomic E-state index is 4.60. The topological polar surface area (TPSA) is 50.7 Å². The highest BCUT2D eigenvalue weighted by Gasteiger charge is 2.05. The van der Waals surface area contributed by atoms with Crippen LogP contribution in [0.5, 0.6) is 0 Å². The van der Waals surface area contributed by atoms with Gasteiger partial charge in [0.15, 0.2) is 0 Å². The molecule has 2 heterocycles. The van der Waals surface area contributed by atoms with Crippen molar-refractivity contribution < 1.29 is 0 Å². The minimum absolute atomic E-state index is 0.647. The molecule has 90 valence electrons. The summed E-state index contributed by atoms with van der Waals surface area (Å²) in [5, 5.41) is 4.02. The summed E-state index contributed by atoms with van der Waals surface area (Å²) in [5.74, 6) is 0.647. The lowest BCUT2D eigenvalue weighted by Gasteiger charge is -2.00. The maximum atomic E-state index is 4.60. The highest BCUT2D eigenvalue weighted by molar-refractivity contribution is 7.18. The van der Waals surface area contributed by atoms with Gasteiger partial charge in [-0.25, -0.2) is 15.0 Å². The first-order chi connectivity index (χ1) is 8.85. The third kappa shape index (κ3) is 2.17. The largest absolute Gasteiger partial charge is 0.357 e. The van der Waals surface area contributed by atoms with Gasteiger partial charge in [-0.1, -0.05) is 12.1 Å². The normalized spacial score (nSPS) is 10.7. The molecule has 18 heavy (non-hydrogen) atoms. The predicted octanol–water partition coefficient (Wildman–Crippen LogP) is 2.72. The molecule has 0 amide bonds. The van der Waals surface area contributed by atoms with Crippen molar-refractivity contribution in [2.75, 3.05) is 12.4 Å². The van der Waals surface area contributed by atoms with Gasteiger partial charge in [-0.3, -0.25) is 0 Å². The zero-order valence-corrected chi connectivity index (χ0v) is 10.7. The monoisotopic (exact) mass is 256 g/mol. The van der Waals surface area contributed by atoms with Crippen molar-refractivity contribution in [1.82, 2.24) is 15.0 Å². The molecule has 0 aliphatic carbocycles. The van der Waals surface area contributed by atoms with E-state index in [1.54, 1.807) is 17.5 Å². The average Bonchev–Trinajstić information content (AvgIpc) is 2.81. The molecule has 0 aliphatic heterocycles. The van der Waals surface area contributed by atoms with Crippen molar-refractivity contribution in [3.8, 4) is 0 Å². The fourth-order valence-electron chi connectivity index (χ4n) is 1.77. The van der Waals surface area contributed by atoms with E-state index in [4.69, 9.17) is 0 Å². The van der Waals surface area contributed by atoms with Crippen LogP contribution < -0.4 is 5.32 Å². The summed E-state index contributed by atoms with van der Waals surface area (Å²) >= 11 is 1.71. The molecule has 5 heteroatoms. The molecule has 0 fully saturated rings. The Morgan fingerprint density at radius 3 is 2.89 bits per heavy atom. The SMILES string of the molecule is CNc1nccc(Cc2nc3ccccc3s2)n1. The summed E-state index contributed by atoms with van der Waals surface area (Å²) < 4.78 is 1.22. The molecule has 0 aliphatic rings. The Bertz CT molecular complexity index is 644. The standard InChI is InChI=1S/C13H12N4S/c1-14-13-15-7-6-9(16-13)8-12-17-10-4-2-3-5-11(10)18-12/h2-7H,8H2,1H3,(H,14,15,16). The van der Waals surface area contributed by atoms with Crippen LogP contribution in [0.2, 0.25) is 0 Å². The van der Waals surface area contributed by atoms with Crippen LogP contribution in [0.15, 0.2) is 36.5 Å². The molecule has 0 spiro atoms. The molecule has 2 aromatic heterocycles. The van der Waals surface area contributed by atoms with Crippen molar-refractivity contribution in [2.45, 2.75) is 6.42 Å². The minimum Gasteiger partial charge on any atom is -0.357 e. The van der Waals surface area contributed by atoms with Crippen LogP contribution in [0.25, 0.3) is 10.2 Å². The van der Waals surface area contributed by atoms with E-state index < -0.39 is 0 Å². The van der Waals surface area contributed by atoms with E-state index in [0.29, 0.717) is 5.95 Å². The number of hydrogen-bond acceptors (Lipinski definition) is 5. The summed E-state index contributed by atoms with van der Waals surface area (Å²) in [4.78, 5) is 13.1. The maximum Gasteiger partial charge on any atom is 0.222 e. The Kier molecular flexibility index (Phi) is 2.90. The summed E-state index contributed by atoms with van der Waals surface area (Å²) in [6, 6.07) is 10.1. The van der Waals surface area contributed by atoms with E-state index in [9.17, 15) is 0 Å². The van der Waals surface area contributed by atoms with Gasteiger partial charge in [0.1, 0.15) is 0 Å². The molecule has 4 nitrogen and oxygen atoms in total. The molecular weight excluding hydrogens is 244 g/mol. The van der Waals surface area contributed by atoms with Crippen molar-refractivity contribution in [3.05, 3.63) is 47.2 Å². The molecule has 0 bridgehead atoms. The third-order valence-electron chi connectivity index (χ3n) is 2.61. The Labute approximate surface area is 109 Å². The molecule has 0 radical (unpaired) electrons. The van der Waals surface area contributed by atoms with E-state index in [1.807, 2.05) is 31.3 Å². The number of para-hydroxylation sites is 1. The molecular formula is C13H12N4S. The molecule has 0 saturated carbocycles. The Morgan fingerprint density at radius 1 is 1.17 bits per heavy atom. The number of fused-ring (bicyclic) bond motifs is 1. The fourth-order valence-corrected chi connectivity index (χ4v) is 2.75. The van der Waals surface area contributed by atoms with Crippen molar-refractivity contribution in [3.63, 3.8) is 0 Å². The molecule has 0 atom stereocenters. The number of thiazole rings is 1. The zero-order valence-electron chi connectivity index (χ0n) is 9.92. The lowest BCUT2D eigenvalue weighted by molar-refractivity contribution is 1.02. The second-order valence-electron chi connectivity index (χ2n) is 3.87. The number of anilines is 1. The van der Waals surface area contributed by atoms with Gasteiger partial charge >= 0.3 is 0 Å². The second-order valence-corrected chi connectivity index (χ2v) is 4.99. The summed E-state index contributed by atoms with van der Waals surface area (Å²) in [6.45, 7) is 0. The van der Waals surface area contributed by atoms with Gasteiger partial charge in [0.2, 0.25) is 5.95 Å². The highest BCUT2D eigenvalue weighted by Crippen LogP contribution is 2.23. The van der Waals surface area contributed by atoms with E-state index in [2.05, 4.69) is 26.3 Å². The smallest absolute Gasteiger partial charge is 0.222 e. The number of aromatic nitrogens is 3. The Hall–Kier alpha value is -2.01. The first kappa shape index (κ1) is 11.1. The molecule has 3 rings (SSSR count). The molecule has 0 saturated heterocycles. The zero-order chi connectivity index (χ0) is 12.4. The van der Waals surface area contributed by atoms with Crippen LogP contribution in [0.3, 0.4) is 0 Å². The predicted molar refractivity (Wildman–Crippen MR) is 74.0 cm³/mol. The van der Waals surface area contributed by atoms with E-state index >= 15 is 0 Å². The van der Waals surface area contributed by atoms with Crippen LogP contribution >= 0.6 is 11.3 Å². The minimum atomic E-state index is 0.647. The highest BCUT2D eigenvalue weighted by atomic mass is 32.1. The molecule has 0 unspecified atom stereocenters. The van der Waals surface area contributed by atoms with Crippen molar-refractivity contribution >= 4 is 27.5 Å². The lowest BCUT2D eigenvalue weighted by atomic mass is 10.3. The van der Waals surface area contributed by atoms with Gasteiger partial charge in [-0.05, 0) is 18.2 Å². The van der Waals surface area contributed by atoms with Gasteiger partial charge in [0, 0.05) is 19.7 Å². The van der Waals surface area contributed by atoms with Crippen molar-refractivity contribution in [1.29, 1.82) is 0 Å². The van der Waals surface area contributed by atoms with Gasteiger partial charge in [-0.2, -0.15) is 0 Å². The molecule has 1 aromatic carbocycles. The van der Waals surface area contributed by atoms with E-state index in [0.717, 1.165) is 22.6 Å². The van der Waals surface area contributed by atoms with Gasteiger partial charge < -0.3 is 5.32 Å². The lowest BCUT2D eigenvalue weighted by Crippen LogP contribution is -1.99. The van der Waals surface area contributed by atoms with E-state index in [1.165, 1.54) is 4.70 Å². The fraction of sp³-hybridized carbons (Fsp3) is 0.154. The molecule has 3 aromatic rings. The Balaban J connectivity index is 1.91. The number of nitrogens with zero attached hydrogens (tertiary/aromatic N) is 3.